The third-order valence-corrected chi connectivity index (χ3v) is 4.35. The van der Waals surface area contributed by atoms with Crippen LogP contribution in [-0.4, -0.2) is 29.1 Å². The van der Waals surface area contributed by atoms with Crippen molar-refractivity contribution in [1.82, 2.24) is 0 Å². The highest BCUT2D eigenvalue weighted by atomic mass is 32.2. The number of rotatable bonds is 9. The molecule has 0 heterocycles. The van der Waals surface area contributed by atoms with Crippen molar-refractivity contribution in [3.8, 4) is 0 Å². The highest BCUT2D eigenvalue weighted by Gasteiger charge is 2.41. The van der Waals surface area contributed by atoms with Crippen LogP contribution in [0.15, 0.2) is 0 Å². The van der Waals surface area contributed by atoms with Crippen LogP contribution >= 0.6 is 11.8 Å². The minimum Gasteiger partial charge on any atom is -0.481 e. The van der Waals surface area contributed by atoms with Gasteiger partial charge in [0, 0.05) is 6.54 Å². The number of carboxylic acid groups (broad SMARTS) is 1. The Morgan fingerprint density at radius 1 is 1.56 bits per heavy atom. The van der Waals surface area contributed by atoms with Gasteiger partial charge in [0.25, 0.3) is 0 Å². The monoisotopic (exact) mass is 245 g/mol. The SMILES string of the molecule is CCSCCCC(CN)(CC1CC1)C(=O)O. The Morgan fingerprint density at radius 2 is 2.25 bits per heavy atom. The lowest BCUT2D eigenvalue weighted by Crippen LogP contribution is -2.39. The molecule has 1 atom stereocenters. The van der Waals surface area contributed by atoms with E-state index in [2.05, 4.69) is 6.92 Å². The van der Waals surface area contributed by atoms with Crippen molar-refractivity contribution in [3.63, 3.8) is 0 Å². The Balaban J connectivity index is 2.43. The zero-order valence-corrected chi connectivity index (χ0v) is 10.9. The van der Waals surface area contributed by atoms with Crippen molar-refractivity contribution in [1.29, 1.82) is 0 Å². The average molecular weight is 245 g/mol. The number of nitrogens with two attached hydrogens (primary N) is 1. The van der Waals surface area contributed by atoms with E-state index in [1.807, 2.05) is 11.8 Å². The van der Waals surface area contributed by atoms with Crippen LogP contribution in [0.25, 0.3) is 0 Å². The Bertz CT molecular complexity index is 231. The largest absolute Gasteiger partial charge is 0.481 e. The van der Waals surface area contributed by atoms with Crippen molar-refractivity contribution in [2.24, 2.45) is 17.1 Å². The summed E-state index contributed by atoms with van der Waals surface area (Å²) in [4.78, 5) is 11.4. The lowest BCUT2D eigenvalue weighted by atomic mass is 9.78. The second kappa shape index (κ2) is 6.50. The topological polar surface area (TPSA) is 63.3 Å². The summed E-state index contributed by atoms with van der Waals surface area (Å²) >= 11 is 1.87. The smallest absolute Gasteiger partial charge is 0.310 e. The molecule has 16 heavy (non-hydrogen) atoms. The molecule has 0 radical (unpaired) electrons. The molecule has 3 nitrogen and oxygen atoms in total. The molecule has 1 rings (SSSR count). The first-order valence-corrected chi connectivity index (χ1v) is 7.31. The summed E-state index contributed by atoms with van der Waals surface area (Å²) in [5.41, 5.74) is 5.07. The molecule has 0 spiro atoms. The van der Waals surface area contributed by atoms with Gasteiger partial charge in [0.2, 0.25) is 0 Å². The zero-order chi connectivity index (χ0) is 12.0. The maximum absolute atomic E-state index is 11.4. The van der Waals surface area contributed by atoms with Gasteiger partial charge in [-0.15, -0.1) is 0 Å². The lowest BCUT2D eigenvalue weighted by Gasteiger charge is -2.28. The maximum Gasteiger partial charge on any atom is 0.310 e. The minimum atomic E-state index is -0.691. The number of carboxylic acids is 1. The van der Waals surface area contributed by atoms with E-state index in [-0.39, 0.29) is 6.54 Å². The fourth-order valence-electron chi connectivity index (χ4n) is 2.10. The van der Waals surface area contributed by atoms with Crippen LogP contribution in [0.5, 0.6) is 0 Å². The van der Waals surface area contributed by atoms with Crippen LogP contribution in [0.3, 0.4) is 0 Å². The van der Waals surface area contributed by atoms with Crippen LogP contribution in [0, 0.1) is 11.3 Å². The Hall–Kier alpha value is -0.220. The van der Waals surface area contributed by atoms with E-state index in [1.54, 1.807) is 0 Å². The van der Waals surface area contributed by atoms with E-state index >= 15 is 0 Å². The van der Waals surface area contributed by atoms with Crippen molar-refractivity contribution in [2.75, 3.05) is 18.1 Å². The van der Waals surface area contributed by atoms with Gasteiger partial charge in [0.05, 0.1) is 5.41 Å². The Morgan fingerprint density at radius 3 is 2.69 bits per heavy atom. The molecule has 0 bridgehead atoms. The third-order valence-electron chi connectivity index (χ3n) is 3.37. The van der Waals surface area contributed by atoms with Crippen LogP contribution in [0.2, 0.25) is 0 Å². The van der Waals surface area contributed by atoms with Crippen LogP contribution < -0.4 is 5.73 Å². The van der Waals surface area contributed by atoms with Crippen molar-refractivity contribution in [2.45, 2.75) is 39.0 Å². The molecule has 4 heteroatoms. The van der Waals surface area contributed by atoms with Gasteiger partial charge in [-0.1, -0.05) is 19.8 Å². The van der Waals surface area contributed by atoms with Gasteiger partial charge in [-0.2, -0.15) is 11.8 Å². The van der Waals surface area contributed by atoms with E-state index in [9.17, 15) is 9.90 Å². The first kappa shape index (κ1) is 13.8. The molecule has 1 aliphatic rings. The standard InChI is InChI=1S/C12H23NO2S/c1-2-16-7-3-6-12(9-13,11(14)15)8-10-4-5-10/h10H,2-9,13H2,1H3,(H,14,15). The number of aliphatic carboxylic acids is 1. The second-order valence-corrected chi connectivity index (χ2v) is 6.13. The Kier molecular flexibility index (Phi) is 5.62. The second-order valence-electron chi connectivity index (χ2n) is 4.74. The molecule has 1 saturated carbocycles. The van der Waals surface area contributed by atoms with E-state index < -0.39 is 11.4 Å². The molecule has 0 aromatic heterocycles. The van der Waals surface area contributed by atoms with Gasteiger partial charge in [-0.3, -0.25) is 4.79 Å². The summed E-state index contributed by atoms with van der Waals surface area (Å²) in [5.74, 6) is 2.09. The van der Waals surface area contributed by atoms with Crippen LogP contribution in [-0.2, 0) is 4.79 Å². The van der Waals surface area contributed by atoms with Gasteiger partial charge < -0.3 is 10.8 Å². The fourth-order valence-corrected chi connectivity index (χ4v) is 2.74. The fraction of sp³-hybridized carbons (Fsp3) is 0.917. The molecule has 1 unspecified atom stereocenters. The normalized spacial score (nSPS) is 19.4. The van der Waals surface area contributed by atoms with E-state index in [0.29, 0.717) is 5.92 Å². The van der Waals surface area contributed by atoms with E-state index in [0.717, 1.165) is 30.8 Å². The lowest BCUT2D eigenvalue weighted by molar-refractivity contribution is -0.149. The highest BCUT2D eigenvalue weighted by molar-refractivity contribution is 7.99. The van der Waals surface area contributed by atoms with Crippen molar-refractivity contribution in [3.05, 3.63) is 0 Å². The summed E-state index contributed by atoms with van der Waals surface area (Å²) in [6.07, 6.45) is 4.88. The van der Waals surface area contributed by atoms with Gasteiger partial charge in [0.1, 0.15) is 0 Å². The molecule has 94 valence electrons. The molecule has 0 saturated heterocycles. The molecule has 0 amide bonds. The summed E-state index contributed by atoms with van der Waals surface area (Å²) in [5, 5.41) is 9.37. The number of thioether (sulfide) groups is 1. The van der Waals surface area contributed by atoms with Gasteiger partial charge in [-0.25, -0.2) is 0 Å². The van der Waals surface area contributed by atoms with Crippen molar-refractivity contribution < 1.29 is 9.90 Å². The van der Waals surface area contributed by atoms with Crippen LogP contribution in [0.4, 0.5) is 0 Å². The number of hydrogen-bond acceptors (Lipinski definition) is 3. The predicted octanol–water partition coefficient (Wildman–Crippen LogP) is 2.35. The van der Waals surface area contributed by atoms with Crippen molar-refractivity contribution >= 4 is 17.7 Å². The molecule has 3 N–H and O–H groups in total. The molecule has 1 aliphatic carbocycles. The zero-order valence-electron chi connectivity index (χ0n) is 10.1. The predicted molar refractivity (Wildman–Crippen MR) is 68.7 cm³/mol. The summed E-state index contributed by atoms with van der Waals surface area (Å²) in [6.45, 7) is 2.41. The first-order valence-electron chi connectivity index (χ1n) is 6.16. The van der Waals surface area contributed by atoms with Gasteiger partial charge in [0.15, 0.2) is 0 Å². The summed E-state index contributed by atoms with van der Waals surface area (Å²) in [7, 11) is 0. The Labute approximate surface area is 102 Å². The highest BCUT2D eigenvalue weighted by Crippen LogP contribution is 2.42. The number of hydrogen-bond donors (Lipinski definition) is 2. The average Bonchev–Trinajstić information content (AvgIpc) is 3.06. The maximum atomic E-state index is 11.4. The molecule has 0 aromatic rings. The molecule has 0 aromatic carbocycles. The molecule has 1 fully saturated rings. The van der Waals surface area contributed by atoms with Crippen LogP contribution in [0.1, 0.15) is 39.0 Å². The van der Waals surface area contributed by atoms with Gasteiger partial charge >= 0.3 is 5.97 Å². The quantitative estimate of drug-likeness (QED) is 0.612. The molecular formula is C12H23NO2S. The summed E-state index contributed by atoms with van der Waals surface area (Å²) in [6, 6.07) is 0. The minimum absolute atomic E-state index is 0.287. The van der Waals surface area contributed by atoms with E-state index in [4.69, 9.17) is 5.73 Å². The van der Waals surface area contributed by atoms with E-state index in [1.165, 1.54) is 12.8 Å². The molecular weight excluding hydrogens is 222 g/mol. The number of carbonyl (C=O) groups is 1. The summed E-state index contributed by atoms with van der Waals surface area (Å²) < 4.78 is 0. The molecule has 0 aliphatic heterocycles. The first-order chi connectivity index (χ1) is 7.64. The third kappa shape index (κ3) is 3.98. The van der Waals surface area contributed by atoms with Gasteiger partial charge in [-0.05, 0) is 36.7 Å².